The van der Waals surface area contributed by atoms with E-state index in [1.165, 1.54) is 0 Å². The maximum absolute atomic E-state index is 8.77. The predicted molar refractivity (Wildman–Crippen MR) is 38.8 cm³/mol. The minimum atomic E-state index is -4.89. The van der Waals surface area contributed by atoms with E-state index < -0.39 is 14.0 Å². The van der Waals surface area contributed by atoms with Crippen molar-refractivity contribution >= 4 is 19.9 Å². The van der Waals surface area contributed by atoms with E-state index in [-0.39, 0.29) is 57.3 Å². The van der Waals surface area contributed by atoms with E-state index in [4.69, 9.17) is 39.7 Å². The second-order valence-electron chi connectivity index (χ2n) is 1.23. The summed E-state index contributed by atoms with van der Waals surface area (Å²) in [5, 5.41) is 20.0. The molecule has 0 saturated carbocycles. The van der Waals surface area contributed by atoms with Crippen LogP contribution in [0.25, 0.3) is 0 Å². The van der Waals surface area contributed by atoms with Crippen LogP contribution in [0.2, 0.25) is 0 Å². The smallest absolute Gasteiger partial charge is 0.756 e. The molecule has 0 aromatic heterocycles. The Bertz CT molecular complexity index is 175. The first-order chi connectivity index (χ1) is 5.46. The van der Waals surface area contributed by atoms with Gasteiger partial charge in [0.1, 0.15) is 0 Å². The summed E-state index contributed by atoms with van der Waals surface area (Å²) in [4.78, 5) is 31.5. The Morgan fingerprint density at radius 3 is 1.29 bits per heavy atom. The molecular weight excluding hydrogens is 248 g/mol. The summed E-state index contributed by atoms with van der Waals surface area (Å²) in [5.74, 6) is -0.333. The summed E-state index contributed by atoms with van der Waals surface area (Å²) in [7, 11) is -4.89. The van der Waals surface area contributed by atoms with Crippen LogP contribution in [-0.4, -0.2) is 32.1 Å². The molecule has 80 valence electrons. The average Bonchev–Trinajstić information content (AvgIpc) is 1.50. The Labute approximate surface area is 121 Å². The van der Waals surface area contributed by atoms with Crippen LogP contribution >= 0.6 is 7.82 Å². The van der Waals surface area contributed by atoms with Gasteiger partial charge in [-0.15, -0.1) is 0 Å². The van der Waals surface area contributed by atoms with Gasteiger partial charge in [0.05, 0.1) is 0 Å². The van der Waals surface area contributed by atoms with Crippen LogP contribution in [-0.2, 0) is 4.57 Å². The number of carbonyl (C=O) groups is 1. The molecule has 0 aromatic carbocycles. The van der Waals surface area contributed by atoms with Crippen molar-refractivity contribution in [3.63, 3.8) is 0 Å². The van der Waals surface area contributed by atoms with Crippen molar-refractivity contribution in [3.8, 4) is 0 Å². The number of phosphoric acid groups is 1. The summed E-state index contributed by atoms with van der Waals surface area (Å²) >= 11 is 0. The first kappa shape index (κ1) is 23.8. The molecule has 0 aliphatic rings. The minimum absolute atomic E-state index is 0. The van der Waals surface area contributed by atoms with Crippen molar-refractivity contribution in [3.05, 3.63) is 0 Å². The zero-order valence-corrected chi connectivity index (χ0v) is 11.1. The van der Waals surface area contributed by atoms with Gasteiger partial charge in [-0.1, -0.05) is 0 Å². The monoisotopic (exact) mass is 257 g/mol. The largest absolute Gasteiger partial charge is 1.00 e. The molecule has 0 atom stereocenters. The van der Waals surface area contributed by atoms with Gasteiger partial charge in [-0.25, -0.2) is 4.79 Å². The van der Waals surface area contributed by atoms with Crippen molar-refractivity contribution in [1.29, 1.82) is 5.41 Å². The fourth-order valence-corrected chi connectivity index (χ4v) is 0. The van der Waals surface area contributed by atoms with Crippen molar-refractivity contribution in [2.24, 2.45) is 11.5 Å². The molecule has 12 heteroatoms. The molecule has 0 aliphatic heterocycles. The Morgan fingerprint density at radius 2 is 1.29 bits per heavy atom. The van der Waals surface area contributed by atoms with Gasteiger partial charge in [0.2, 0.25) is 0 Å². The maximum Gasteiger partial charge on any atom is 1.00 e. The average molecular weight is 257 g/mol. The second-order valence-corrected chi connectivity index (χ2v) is 2.21. The molecule has 0 bridgehead atoms. The zero-order valence-electron chi connectivity index (χ0n) is 7.12. The molecular formula is C2H9KN3O7P. The number of guanidine groups is 1. The van der Waals surface area contributed by atoms with Gasteiger partial charge in [-0.05, 0) is 0 Å². The topological polar surface area (TPSA) is 214 Å². The van der Waals surface area contributed by atoms with Crippen molar-refractivity contribution in [2.75, 3.05) is 0 Å². The Morgan fingerprint density at radius 1 is 1.29 bits per heavy atom. The van der Waals surface area contributed by atoms with Crippen LogP contribution in [0.3, 0.4) is 0 Å². The van der Waals surface area contributed by atoms with Crippen LogP contribution < -0.4 is 67.7 Å². The molecule has 0 spiro atoms. The first-order valence-corrected chi connectivity index (χ1v) is 3.77. The third-order valence-corrected chi connectivity index (χ3v) is 0. The van der Waals surface area contributed by atoms with Crippen LogP contribution in [0.1, 0.15) is 0 Å². The molecule has 0 unspecified atom stereocenters. The number of nitrogens with one attached hydrogen (secondary N) is 1. The first-order valence-electron chi connectivity index (χ1n) is 2.24. The van der Waals surface area contributed by atoms with Gasteiger partial charge in [0.25, 0.3) is 7.82 Å². The minimum Gasteiger partial charge on any atom is -0.756 e. The van der Waals surface area contributed by atoms with Crippen LogP contribution in [0.4, 0.5) is 4.79 Å². The Kier molecular flexibility index (Phi) is 22.6. The van der Waals surface area contributed by atoms with Crippen LogP contribution in [0, 0.1) is 5.41 Å². The van der Waals surface area contributed by atoms with Crippen molar-refractivity contribution in [2.45, 2.75) is 0 Å². The molecule has 0 aromatic rings. The van der Waals surface area contributed by atoms with Gasteiger partial charge < -0.3 is 36.4 Å². The predicted octanol–water partition coefficient (Wildman–Crippen LogP) is -5.50. The standard InChI is InChI=1S/CH5N3.CH2O3.K.H3O4P/c2*2-1(3)4;;1-5(2,3)4/h(H5,2,3,4);(H2,2,3,4);;(H3,1,2,3,4)/q;;+1;/p-1. The van der Waals surface area contributed by atoms with Crippen LogP contribution in [0.5, 0.6) is 0 Å². The number of rotatable bonds is 0. The van der Waals surface area contributed by atoms with Crippen molar-refractivity contribution < 1.29 is 85.6 Å². The van der Waals surface area contributed by atoms with Gasteiger partial charge in [0.15, 0.2) is 5.96 Å². The maximum atomic E-state index is 8.77. The molecule has 0 amide bonds. The molecule has 14 heavy (non-hydrogen) atoms. The molecule has 0 radical (unpaired) electrons. The molecule has 0 rings (SSSR count). The van der Waals surface area contributed by atoms with E-state index in [1.54, 1.807) is 0 Å². The third-order valence-electron chi connectivity index (χ3n) is 0. The number of hydrogen-bond donors (Lipinski definition) is 7. The van der Waals surface area contributed by atoms with E-state index in [1.807, 2.05) is 0 Å². The number of carboxylic acid groups (broad SMARTS) is 2. The van der Waals surface area contributed by atoms with Crippen molar-refractivity contribution in [1.82, 2.24) is 0 Å². The molecule has 9 N–H and O–H groups in total. The molecule has 10 nitrogen and oxygen atoms in total. The summed E-state index contributed by atoms with van der Waals surface area (Å²) in [6.45, 7) is 0. The fraction of sp³-hybridized carbons (Fsp3) is 0. The van der Waals surface area contributed by atoms with Gasteiger partial charge in [-0.3, -0.25) is 9.97 Å². The van der Waals surface area contributed by atoms with E-state index in [0.717, 1.165) is 0 Å². The van der Waals surface area contributed by atoms with Gasteiger partial charge in [0, 0.05) is 0 Å². The molecule has 0 aliphatic carbocycles. The summed E-state index contributed by atoms with van der Waals surface area (Å²) in [5.41, 5.74) is 8.94. The van der Waals surface area contributed by atoms with Gasteiger partial charge >= 0.3 is 57.5 Å². The van der Waals surface area contributed by atoms with E-state index in [9.17, 15) is 0 Å². The summed E-state index contributed by atoms with van der Waals surface area (Å²) < 4.78 is 8.77. The molecule has 0 fully saturated rings. The van der Waals surface area contributed by atoms with E-state index >= 15 is 0 Å². The zero-order chi connectivity index (χ0) is 11.7. The summed E-state index contributed by atoms with van der Waals surface area (Å²) in [6, 6.07) is 0. The quantitative estimate of drug-likeness (QED) is 0.0951. The number of hydrogen-bond acceptors (Lipinski definition) is 4. The normalized spacial score (nSPS) is 7.64. The Hall–Kier alpha value is 0.286. The number of nitrogens with two attached hydrogens (primary N) is 2. The van der Waals surface area contributed by atoms with Crippen LogP contribution in [0.15, 0.2) is 0 Å². The van der Waals surface area contributed by atoms with E-state index in [0.29, 0.717) is 0 Å². The van der Waals surface area contributed by atoms with Gasteiger partial charge in [-0.2, -0.15) is 0 Å². The fourth-order valence-electron chi connectivity index (χ4n) is 0. The third kappa shape index (κ3) is 19100. The molecule has 0 saturated heterocycles. The second kappa shape index (κ2) is 13.3. The SMILES string of the molecule is N=C(N)N.O=C(O)O.O=P([O-])(O)O.[K+]. The summed E-state index contributed by atoms with van der Waals surface area (Å²) in [6.07, 6.45) is -1.83. The Balaban J connectivity index is -0.0000000522. The van der Waals surface area contributed by atoms with E-state index in [2.05, 4.69) is 11.5 Å². The molecule has 0 heterocycles.